The van der Waals surface area contributed by atoms with Gasteiger partial charge in [-0.2, -0.15) is 0 Å². The Labute approximate surface area is 78.8 Å². The highest BCUT2D eigenvalue weighted by molar-refractivity contribution is 5.77. The van der Waals surface area contributed by atoms with E-state index in [1.165, 1.54) is 7.11 Å². The zero-order chi connectivity index (χ0) is 10.1. The van der Waals surface area contributed by atoms with Gasteiger partial charge < -0.3 is 20.1 Å². The number of ether oxygens (including phenoxy) is 2. The summed E-state index contributed by atoms with van der Waals surface area (Å²) in [5.74, 6) is -0.0509. The van der Waals surface area contributed by atoms with Gasteiger partial charge in [0.05, 0.1) is 6.61 Å². The van der Waals surface area contributed by atoms with E-state index >= 15 is 0 Å². The van der Waals surface area contributed by atoms with Gasteiger partial charge in [0.15, 0.2) is 0 Å². The second kappa shape index (κ2) is 7.97. The number of rotatable bonds is 7. The van der Waals surface area contributed by atoms with Crippen molar-refractivity contribution in [2.75, 3.05) is 47.1 Å². The molecule has 0 aliphatic rings. The molecule has 0 saturated carbocycles. The van der Waals surface area contributed by atoms with E-state index < -0.39 is 0 Å². The average Bonchev–Trinajstić information content (AvgIpc) is 2.12. The maximum absolute atomic E-state index is 11.3. The molecule has 2 N–H and O–H groups in total. The number of carbonyl (C=O) groups is 1. The maximum atomic E-state index is 11.3. The van der Waals surface area contributed by atoms with Crippen molar-refractivity contribution in [2.24, 2.45) is 5.73 Å². The first kappa shape index (κ1) is 12.3. The van der Waals surface area contributed by atoms with Gasteiger partial charge in [-0.25, -0.2) is 0 Å². The fourth-order valence-corrected chi connectivity index (χ4v) is 0.933. The summed E-state index contributed by atoms with van der Waals surface area (Å²) in [4.78, 5) is 13.0. The van der Waals surface area contributed by atoms with Crippen LogP contribution < -0.4 is 5.73 Å². The van der Waals surface area contributed by atoms with Gasteiger partial charge in [0.25, 0.3) is 0 Å². The highest BCUT2D eigenvalue weighted by atomic mass is 16.5. The van der Waals surface area contributed by atoms with Crippen molar-refractivity contribution in [3.63, 3.8) is 0 Å². The van der Waals surface area contributed by atoms with E-state index in [4.69, 9.17) is 15.2 Å². The summed E-state index contributed by atoms with van der Waals surface area (Å²) in [5, 5.41) is 0. The first-order valence-electron chi connectivity index (χ1n) is 4.22. The molecule has 0 saturated heterocycles. The van der Waals surface area contributed by atoms with Crippen LogP contribution >= 0.6 is 0 Å². The summed E-state index contributed by atoms with van der Waals surface area (Å²) in [7, 11) is 3.09. The Bertz CT molecular complexity index is 141. The van der Waals surface area contributed by atoms with E-state index in [-0.39, 0.29) is 12.5 Å². The fraction of sp³-hybridized carbons (Fsp3) is 0.875. The molecule has 0 aliphatic carbocycles. The highest BCUT2D eigenvalue weighted by Crippen LogP contribution is 1.89. The van der Waals surface area contributed by atoms with Gasteiger partial charge in [0, 0.05) is 33.9 Å². The Morgan fingerprint density at radius 1 is 1.31 bits per heavy atom. The molecule has 13 heavy (non-hydrogen) atoms. The Kier molecular flexibility index (Phi) is 7.57. The van der Waals surface area contributed by atoms with Crippen molar-refractivity contribution in [3.8, 4) is 0 Å². The zero-order valence-corrected chi connectivity index (χ0v) is 8.28. The molecule has 0 spiro atoms. The quantitative estimate of drug-likeness (QED) is 0.563. The predicted molar refractivity (Wildman–Crippen MR) is 49.4 cm³/mol. The molecule has 0 aromatic rings. The molecule has 0 aliphatic heterocycles. The van der Waals surface area contributed by atoms with Crippen molar-refractivity contribution >= 4 is 5.91 Å². The molecule has 0 heterocycles. The molecule has 1 amide bonds. The molecular formula is C8H18N2O3. The number of hydrogen-bond donors (Lipinski definition) is 1. The van der Waals surface area contributed by atoms with Gasteiger partial charge in [0.1, 0.15) is 6.61 Å². The molecule has 0 aromatic heterocycles. The SMILES string of the molecule is COCCN(CCN)C(=O)COC. The van der Waals surface area contributed by atoms with Gasteiger partial charge in [-0.05, 0) is 0 Å². The minimum atomic E-state index is -0.0509. The average molecular weight is 190 g/mol. The normalized spacial score (nSPS) is 10.1. The molecule has 0 rings (SSSR count). The Morgan fingerprint density at radius 3 is 2.46 bits per heavy atom. The van der Waals surface area contributed by atoms with E-state index in [9.17, 15) is 4.79 Å². The first-order valence-corrected chi connectivity index (χ1v) is 4.22. The predicted octanol–water partition coefficient (Wildman–Crippen LogP) is -0.933. The number of methoxy groups -OCH3 is 2. The third-order valence-corrected chi connectivity index (χ3v) is 1.58. The summed E-state index contributed by atoms with van der Waals surface area (Å²) in [6.07, 6.45) is 0. The minimum Gasteiger partial charge on any atom is -0.383 e. The third kappa shape index (κ3) is 5.57. The van der Waals surface area contributed by atoms with Crippen molar-refractivity contribution in [1.82, 2.24) is 4.90 Å². The maximum Gasteiger partial charge on any atom is 0.248 e. The molecule has 0 aromatic carbocycles. The second-order valence-electron chi connectivity index (χ2n) is 2.60. The van der Waals surface area contributed by atoms with Gasteiger partial charge in [-0.3, -0.25) is 4.79 Å². The Balaban J connectivity index is 3.83. The lowest BCUT2D eigenvalue weighted by Crippen LogP contribution is -2.39. The summed E-state index contributed by atoms with van der Waals surface area (Å²) in [6, 6.07) is 0. The van der Waals surface area contributed by atoms with Crippen molar-refractivity contribution in [3.05, 3.63) is 0 Å². The number of amides is 1. The van der Waals surface area contributed by atoms with Crippen molar-refractivity contribution < 1.29 is 14.3 Å². The summed E-state index contributed by atoms with van der Waals surface area (Å²) in [5.41, 5.74) is 5.36. The van der Waals surface area contributed by atoms with Crippen LogP contribution in [0.3, 0.4) is 0 Å². The summed E-state index contributed by atoms with van der Waals surface area (Å²) < 4.78 is 9.61. The van der Waals surface area contributed by atoms with Crippen LogP contribution in [-0.2, 0) is 14.3 Å². The van der Waals surface area contributed by atoms with Gasteiger partial charge in [-0.15, -0.1) is 0 Å². The number of hydrogen-bond acceptors (Lipinski definition) is 4. The standard InChI is InChI=1S/C8H18N2O3/c1-12-6-5-10(4-3-9)8(11)7-13-2/h3-7,9H2,1-2H3. The van der Waals surface area contributed by atoms with Gasteiger partial charge >= 0.3 is 0 Å². The molecule has 0 atom stereocenters. The van der Waals surface area contributed by atoms with E-state index in [1.54, 1.807) is 12.0 Å². The molecule has 0 fully saturated rings. The molecule has 0 bridgehead atoms. The first-order chi connectivity index (χ1) is 6.26. The number of nitrogens with two attached hydrogens (primary N) is 1. The molecule has 5 nitrogen and oxygen atoms in total. The van der Waals surface area contributed by atoms with E-state index in [0.29, 0.717) is 26.2 Å². The van der Waals surface area contributed by atoms with Crippen LogP contribution in [0.1, 0.15) is 0 Å². The van der Waals surface area contributed by atoms with Crippen LogP contribution in [0.15, 0.2) is 0 Å². The lowest BCUT2D eigenvalue weighted by atomic mass is 10.4. The van der Waals surface area contributed by atoms with Crippen molar-refractivity contribution in [1.29, 1.82) is 0 Å². The molecule has 0 radical (unpaired) electrons. The third-order valence-electron chi connectivity index (χ3n) is 1.58. The largest absolute Gasteiger partial charge is 0.383 e. The summed E-state index contributed by atoms with van der Waals surface area (Å²) >= 11 is 0. The lowest BCUT2D eigenvalue weighted by molar-refractivity contribution is -0.135. The van der Waals surface area contributed by atoms with Gasteiger partial charge in [0.2, 0.25) is 5.91 Å². The monoisotopic (exact) mass is 190 g/mol. The number of nitrogens with zero attached hydrogens (tertiary/aromatic N) is 1. The second-order valence-corrected chi connectivity index (χ2v) is 2.60. The topological polar surface area (TPSA) is 64.8 Å². The van der Waals surface area contributed by atoms with Crippen LogP contribution in [0.2, 0.25) is 0 Å². The molecule has 0 unspecified atom stereocenters. The fourth-order valence-electron chi connectivity index (χ4n) is 0.933. The van der Waals surface area contributed by atoms with Crippen LogP contribution in [-0.4, -0.2) is 57.9 Å². The molecule has 5 heteroatoms. The van der Waals surface area contributed by atoms with E-state index in [2.05, 4.69) is 0 Å². The molecular weight excluding hydrogens is 172 g/mol. The zero-order valence-electron chi connectivity index (χ0n) is 8.28. The summed E-state index contributed by atoms with van der Waals surface area (Å²) in [6.45, 7) is 2.19. The van der Waals surface area contributed by atoms with E-state index in [1.807, 2.05) is 0 Å². The number of carbonyl (C=O) groups excluding carboxylic acids is 1. The van der Waals surface area contributed by atoms with Gasteiger partial charge in [-0.1, -0.05) is 0 Å². The molecule has 78 valence electrons. The highest BCUT2D eigenvalue weighted by Gasteiger charge is 2.10. The van der Waals surface area contributed by atoms with Crippen LogP contribution in [0, 0.1) is 0 Å². The van der Waals surface area contributed by atoms with Crippen LogP contribution in [0.5, 0.6) is 0 Å². The minimum absolute atomic E-state index is 0.0509. The van der Waals surface area contributed by atoms with Crippen LogP contribution in [0.4, 0.5) is 0 Å². The lowest BCUT2D eigenvalue weighted by Gasteiger charge is -2.20. The van der Waals surface area contributed by atoms with E-state index in [0.717, 1.165) is 0 Å². The smallest absolute Gasteiger partial charge is 0.248 e. The van der Waals surface area contributed by atoms with Crippen molar-refractivity contribution in [2.45, 2.75) is 0 Å². The van der Waals surface area contributed by atoms with Crippen LogP contribution in [0.25, 0.3) is 0 Å². The Morgan fingerprint density at radius 2 is 2.00 bits per heavy atom. The Hall–Kier alpha value is -0.650.